The summed E-state index contributed by atoms with van der Waals surface area (Å²) in [7, 11) is 0. The number of rotatable bonds is 4. The standard InChI is InChI=1S/C15H11F5O/c16-13(17)14(21-15(18,19)20,11-7-3-1-4-8-11)12-9-5-2-6-10-12/h1-10,13H. The average Bonchev–Trinajstić information content (AvgIpc) is 2.45. The van der Waals surface area contributed by atoms with E-state index >= 15 is 0 Å². The smallest absolute Gasteiger partial charge is 0.269 e. The number of alkyl halides is 5. The molecule has 0 fully saturated rings. The fraction of sp³-hybridized carbons (Fsp3) is 0.200. The van der Waals surface area contributed by atoms with Crippen molar-refractivity contribution in [3.63, 3.8) is 0 Å². The Morgan fingerprint density at radius 3 is 1.38 bits per heavy atom. The van der Waals surface area contributed by atoms with Crippen molar-refractivity contribution in [1.82, 2.24) is 0 Å². The molecular weight excluding hydrogens is 291 g/mol. The minimum absolute atomic E-state index is 0.261. The molecule has 0 heterocycles. The van der Waals surface area contributed by atoms with Crippen LogP contribution in [0, 0.1) is 0 Å². The van der Waals surface area contributed by atoms with E-state index in [0.29, 0.717) is 0 Å². The van der Waals surface area contributed by atoms with Crippen molar-refractivity contribution in [3.8, 4) is 0 Å². The Hall–Kier alpha value is -1.95. The monoisotopic (exact) mass is 302 g/mol. The van der Waals surface area contributed by atoms with Crippen LogP contribution < -0.4 is 0 Å². The minimum atomic E-state index is -5.21. The molecule has 0 aliphatic heterocycles. The van der Waals surface area contributed by atoms with E-state index in [9.17, 15) is 22.0 Å². The molecule has 112 valence electrons. The van der Waals surface area contributed by atoms with Gasteiger partial charge in [-0.3, -0.25) is 4.74 Å². The normalized spacial score (nSPS) is 12.7. The lowest BCUT2D eigenvalue weighted by Crippen LogP contribution is -2.43. The maximum Gasteiger partial charge on any atom is 0.523 e. The van der Waals surface area contributed by atoms with Crippen molar-refractivity contribution < 1.29 is 26.7 Å². The fourth-order valence-electron chi connectivity index (χ4n) is 2.14. The third-order valence-electron chi connectivity index (χ3n) is 2.99. The summed E-state index contributed by atoms with van der Waals surface area (Å²) >= 11 is 0. The largest absolute Gasteiger partial charge is 0.523 e. The topological polar surface area (TPSA) is 9.23 Å². The lowest BCUT2D eigenvalue weighted by atomic mass is 9.86. The van der Waals surface area contributed by atoms with Crippen molar-refractivity contribution in [2.75, 3.05) is 0 Å². The number of hydrogen-bond acceptors (Lipinski definition) is 1. The third-order valence-corrected chi connectivity index (χ3v) is 2.99. The average molecular weight is 302 g/mol. The predicted molar refractivity (Wildman–Crippen MR) is 66.8 cm³/mol. The van der Waals surface area contributed by atoms with Crippen molar-refractivity contribution in [1.29, 1.82) is 0 Å². The minimum Gasteiger partial charge on any atom is -0.269 e. The van der Waals surface area contributed by atoms with Gasteiger partial charge in [0.05, 0.1) is 0 Å². The molecule has 0 aliphatic carbocycles. The van der Waals surface area contributed by atoms with Crippen LogP contribution in [0.5, 0.6) is 0 Å². The fourth-order valence-corrected chi connectivity index (χ4v) is 2.14. The molecule has 0 bridgehead atoms. The van der Waals surface area contributed by atoms with E-state index in [1.54, 1.807) is 0 Å². The number of halogens is 5. The van der Waals surface area contributed by atoms with Gasteiger partial charge in [-0.2, -0.15) is 0 Å². The van der Waals surface area contributed by atoms with Crippen LogP contribution in [0.15, 0.2) is 60.7 Å². The highest BCUT2D eigenvalue weighted by atomic mass is 19.4. The lowest BCUT2D eigenvalue weighted by Gasteiger charge is -2.34. The zero-order chi connectivity index (χ0) is 15.5. The number of ether oxygens (including phenoxy) is 1. The zero-order valence-corrected chi connectivity index (χ0v) is 10.6. The summed E-state index contributed by atoms with van der Waals surface area (Å²) in [4.78, 5) is 0. The Morgan fingerprint density at radius 2 is 1.10 bits per heavy atom. The van der Waals surface area contributed by atoms with Crippen LogP contribution >= 0.6 is 0 Å². The van der Waals surface area contributed by atoms with E-state index in [1.807, 2.05) is 0 Å². The second-order valence-electron chi connectivity index (χ2n) is 4.32. The highest BCUT2D eigenvalue weighted by Gasteiger charge is 2.52. The van der Waals surface area contributed by atoms with Gasteiger partial charge in [-0.15, -0.1) is 13.2 Å². The first-order chi connectivity index (χ1) is 9.86. The van der Waals surface area contributed by atoms with E-state index in [0.717, 1.165) is 0 Å². The van der Waals surface area contributed by atoms with Gasteiger partial charge in [0.15, 0.2) is 5.60 Å². The van der Waals surface area contributed by atoms with Gasteiger partial charge >= 0.3 is 6.36 Å². The van der Waals surface area contributed by atoms with E-state index < -0.39 is 18.4 Å². The van der Waals surface area contributed by atoms with Crippen LogP contribution in [-0.2, 0) is 10.3 Å². The first kappa shape index (κ1) is 15.4. The summed E-state index contributed by atoms with van der Waals surface area (Å²) < 4.78 is 69.4. The van der Waals surface area contributed by atoms with Gasteiger partial charge in [0.2, 0.25) is 0 Å². The van der Waals surface area contributed by atoms with Gasteiger partial charge in [0.25, 0.3) is 6.43 Å². The first-order valence-electron chi connectivity index (χ1n) is 6.02. The van der Waals surface area contributed by atoms with Crippen LogP contribution in [-0.4, -0.2) is 12.8 Å². The first-order valence-corrected chi connectivity index (χ1v) is 6.02. The molecule has 0 atom stereocenters. The highest BCUT2D eigenvalue weighted by molar-refractivity contribution is 5.37. The molecule has 0 saturated heterocycles. The lowest BCUT2D eigenvalue weighted by molar-refractivity contribution is -0.378. The van der Waals surface area contributed by atoms with Crippen LogP contribution in [0.4, 0.5) is 22.0 Å². The number of hydrogen-bond donors (Lipinski definition) is 0. The van der Waals surface area contributed by atoms with Gasteiger partial charge in [0.1, 0.15) is 0 Å². The molecule has 2 aromatic carbocycles. The molecule has 2 rings (SSSR count). The molecule has 21 heavy (non-hydrogen) atoms. The maximum absolute atomic E-state index is 13.6. The molecule has 0 aromatic heterocycles. The van der Waals surface area contributed by atoms with Gasteiger partial charge < -0.3 is 0 Å². The second-order valence-corrected chi connectivity index (χ2v) is 4.32. The molecular formula is C15H11F5O. The summed E-state index contributed by atoms with van der Waals surface area (Å²) in [6.07, 6.45) is -8.61. The van der Waals surface area contributed by atoms with Crippen molar-refractivity contribution in [3.05, 3.63) is 71.8 Å². The van der Waals surface area contributed by atoms with Gasteiger partial charge in [-0.05, 0) is 11.1 Å². The molecule has 0 radical (unpaired) electrons. The Morgan fingerprint density at radius 1 is 0.714 bits per heavy atom. The Bertz CT molecular complexity index is 526. The molecule has 2 aromatic rings. The van der Waals surface area contributed by atoms with Crippen LogP contribution in [0.1, 0.15) is 11.1 Å². The molecule has 0 saturated carbocycles. The van der Waals surface area contributed by atoms with Crippen LogP contribution in [0.3, 0.4) is 0 Å². The predicted octanol–water partition coefficient (Wildman–Crippen LogP) is 4.73. The Kier molecular flexibility index (Phi) is 4.27. The van der Waals surface area contributed by atoms with E-state index in [2.05, 4.69) is 4.74 Å². The molecule has 0 aliphatic rings. The second kappa shape index (κ2) is 5.81. The van der Waals surface area contributed by atoms with E-state index in [-0.39, 0.29) is 11.1 Å². The summed E-state index contributed by atoms with van der Waals surface area (Å²) in [6, 6.07) is 13.3. The molecule has 0 amide bonds. The zero-order valence-electron chi connectivity index (χ0n) is 10.6. The summed E-state index contributed by atoms with van der Waals surface area (Å²) in [5.41, 5.74) is -3.41. The van der Waals surface area contributed by atoms with Crippen LogP contribution in [0.2, 0.25) is 0 Å². The Balaban J connectivity index is 2.67. The van der Waals surface area contributed by atoms with Crippen LogP contribution in [0.25, 0.3) is 0 Å². The highest BCUT2D eigenvalue weighted by Crippen LogP contribution is 2.43. The SMILES string of the molecule is FC(F)C(OC(F)(F)F)(c1ccccc1)c1ccccc1. The third kappa shape index (κ3) is 3.21. The summed E-state index contributed by atoms with van der Waals surface area (Å²) in [5, 5.41) is 0. The molecule has 6 heteroatoms. The maximum atomic E-state index is 13.6. The summed E-state index contributed by atoms with van der Waals surface area (Å²) in [5.74, 6) is 0. The van der Waals surface area contributed by atoms with Crippen molar-refractivity contribution in [2.24, 2.45) is 0 Å². The van der Waals surface area contributed by atoms with Gasteiger partial charge in [0, 0.05) is 0 Å². The molecule has 0 unspecified atom stereocenters. The Labute approximate surface area is 118 Å². The van der Waals surface area contributed by atoms with Gasteiger partial charge in [-0.25, -0.2) is 8.78 Å². The molecule has 0 N–H and O–H groups in total. The van der Waals surface area contributed by atoms with E-state index in [1.165, 1.54) is 60.7 Å². The summed E-state index contributed by atoms with van der Waals surface area (Å²) in [6.45, 7) is 0. The molecule has 0 spiro atoms. The molecule has 1 nitrogen and oxygen atoms in total. The quantitative estimate of drug-likeness (QED) is 0.742. The number of benzene rings is 2. The van der Waals surface area contributed by atoms with Crippen molar-refractivity contribution >= 4 is 0 Å². The van der Waals surface area contributed by atoms with Gasteiger partial charge in [-0.1, -0.05) is 60.7 Å². The van der Waals surface area contributed by atoms with Crippen molar-refractivity contribution in [2.45, 2.75) is 18.4 Å². The van der Waals surface area contributed by atoms with E-state index in [4.69, 9.17) is 0 Å².